The average molecular weight is 216 g/mol. The van der Waals surface area contributed by atoms with Gasteiger partial charge in [-0.3, -0.25) is 0 Å². The fourth-order valence-electron chi connectivity index (χ4n) is 0.635. The lowest BCUT2D eigenvalue weighted by molar-refractivity contribution is 0.216. The van der Waals surface area contributed by atoms with Gasteiger partial charge >= 0.3 is 0 Å². The first-order valence-corrected chi connectivity index (χ1v) is 5.09. The highest BCUT2D eigenvalue weighted by Crippen LogP contribution is 2.01. The molecule has 0 spiro atoms. The van der Waals surface area contributed by atoms with Crippen LogP contribution in [0.2, 0.25) is 0 Å². The third-order valence-electron chi connectivity index (χ3n) is 1.07. The maximum Gasteiger partial charge on any atom is 0.123 e. The Labute approximate surface area is 91.4 Å². The van der Waals surface area contributed by atoms with Crippen molar-refractivity contribution in [1.82, 2.24) is 0 Å². The van der Waals surface area contributed by atoms with Crippen molar-refractivity contribution in [3.05, 3.63) is 35.6 Å². The summed E-state index contributed by atoms with van der Waals surface area (Å²) in [4.78, 5) is 0. The minimum atomic E-state index is -0.304. The van der Waals surface area contributed by atoms with Crippen molar-refractivity contribution in [3.63, 3.8) is 0 Å². The Bertz CT molecular complexity index is 234. The molecule has 88 valence electrons. The minimum absolute atomic E-state index is 0.0994. The molecule has 1 rings (SSSR count). The Balaban J connectivity index is 0. The van der Waals surface area contributed by atoms with E-state index in [-0.39, 0.29) is 18.5 Å². The minimum Gasteiger partial charge on any atom is -0.394 e. The molecule has 1 aromatic carbocycles. The molecule has 0 atom stereocenters. The summed E-state index contributed by atoms with van der Waals surface area (Å²) >= 11 is 0. The number of benzene rings is 1. The normalized spacial score (nSPS) is 8.53. The molecular formula is C12H21FO2. The van der Waals surface area contributed by atoms with Crippen LogP contribution in [0.4, 0.5) is 4.39 Å². The van der Waals surface area contributed by atoms with Gasteiger partial charge in [-0.2, -0.15) is 0 Å². The van der Waals surface area contributed by atoms with Gasteiger partial charge in [0.2, 0.25) is 0 Å². The van der Waals surface area contributed by atoms with E-state index in [0.717, 1.165) is 0 Å². The Kier molecular flexibility index (Phi) is 12.3. The van der Waals surface area contributed by atoms with E-state index in [0.29, 0.717) is 5.56 Å². The van der Waals surface area contributed by atoms with Crippen molar-refractivity contribution in [1.29, 1.82) is 0 Å². The number of aliphatic hydroxyl groups excluding tert-OH is 2. The fraction of sp³-hybridized carbons (Fsp3) is 0.500. The van der Waals surface area contributed by atoms with Gasteiger partial charge in [-0.25, -0.2) is 4.39 Å². The van der Waals surface area contributed by atoms with E-state index in [2.05, 4.69) is 0 Å². The molecule has 0 radical (unpaired) electrons. The van der Waals surface area contributed by atoms with Gasteiger partial charge in [-0.1, -0.05) is 26.0 Å². The topological polar surface area (TPSA) is 40.5 Å². The summed E-state index contributed by atoms with van der Waals surface area (Å²) in [5.41, 5.74) is 0.606. The maximum atomic E-state index is 12.2. The lowest BCUT2D eigenvalue weighted by atomic mass is 10.2. The lowest BCUT2D eigenvalue weighted by Gasteiger charge is -1.92. The van der Waals surface area contributed by atoms with Gasteiger partial charge in [0.15, 0.2) is 0 Å². The second-order valence-corrected chi connectivity index (χ2v) is 2.88. The standard InChI is InChI=1S/C7H7FO.C3H8O.C2H6/c8-7-3-1-2-6(4-7)5-9;1-3(2)4;1-2/h1-4,9H,5H2;3-4H,1-2H3;1-2H3. The van der Waals surface area contributed by atoms with Crippen LogP contribution >= 0.6 is 0 Å². The third kappa shape index (κ3) is 13.1. The molecule has 0 aliphatic carbocycles. The smallest absolute Gasteiger partial charge is 0.123 e. The molecule has 0 fully saturated rings. The number of aliphatic hydroxyl groups is 2. The first-order valence-electron chi connectivity index (χ1n) is 5.09. The molecule has 0 bridgehead atoms. The van der Waals surface area contributed by atoms with Crippen LogP contribution in [-0.2, 0) is 6.61 Å². The maximum absolute atomic E-state index is 12.2. The monoisotopic (exact) mass is 216 g/mol. The fourth-order valence-corrected chi connectivity index (χ4v) is 0.635. The molecule has 2 N–H and O–H groups in total. The zero-order valence-electron chi connectivity index (χ0n) is 9.87. The number of hydrogen-bond acceptors (Lipinski definition) is 2. The molecule has 3 heteroatoms. The quantitative estimate of drug-likeness (QED) is 0.757. The molecule has 1 aromatic rings. The van der Waals surface area contributed by atoms with Gasteiger partial charge in [0.05, 0.1) is 6.61 Å². The highest BCUT2D eigenvalue weighted by Gasteiger charge is 1.89. The molecular weight excluding hydrogens is 195 g/mol. The average Bonchev–Trinajstić information content (AvgIpc) is 2.20. The molecule has 15 heavy (non-hydrogen) atoms. The van der Waals surface area contributed by atoms with Crippen LogP contribution in [0.15, 0.2) is 24.3 Å². The second kappa shape index (κ2) is 11.1. The Hall–Kier alpha value is -0.930. The van der Waals surface area contributed by atoms with Crippen molar-refractivity contribution in [2.45, 2.75) is 40.4 Å². The van der Waals surface area contributed by atoms with Crippen LogP contribution < -0.4 is 0 Å². The van der Waals surface area contributed by atoms with Crippen molar-refractivity contribution < 1.29 is 14.6 Å². The summed E-state index contributed by atoms with van der Waals surface area (Å²) in [5.74, 6) is -0.304. The highest BCUT2D eigenvalue weighted by atomic mass is 19.1. The molecule has 0 saturated carbocycles. The van der Waals surface area contributed by atoms with E-state index >= 15 is 0 Å². The van der Waals surface area contributed by atoms with E-state index in [4.69, 9.17) is 10.2 Å². The van der Waals surface area contributed by atoms with Crippen LogP contribution in [-0.4, -0.2) is 16.3 Å². The van der Waals surface area contributed by atoms with Crippen LogP contribution in [0, 0.1) is 5.82 Å². The number of rotatable bonds is 1. The Morgan fingerprint density at radius 3 is 2.00 bits per heavy atom. The lowest BCUT2D eigenvalue weighted by Crippen LogP contribution is -1.85. The summed E-state index contributed by atoms with van der Waals surface area (Å²) in [6, 6.07) is 5.89. The van der Waals surface area contributed by atoms with Crippen molar-refractivity contribution in [2.24, 2.45) is 0 Å². The van der Waals surface area contributed by atoms with E-state index < -0.39 is 0 Å². The largest absolute Gasteiger partial charge is 0.394 e. The first kappa shape index (κ1) is 16.5. The molecule has 0 aliphatic heterocycles. The van der Waals surface area contributed by atoms with Gasteiger partial charge in [-0.15, -0.1) is 0 Å². The van der Waals surface area contributed by atoms with Gasteiger partial charge in [0.1, 0.15) is 5.82 Å². The number of halogens is 1. The van der Waals surface area contributed by atoms with Crippen molar-refractivity contribution >= 4 is 0 Å². The summed E-state index contributed by atoms with van der Waals surface area (Å²) in [7, 11) is 0. The van der Waals surface area contributed by atoms with Crippen LogP contribution in [0.5, 0.6) is 0 Å². The summed E-state index contributed by atoms with van der Waals surface area (Å²) < 4.78 is 12.2. The summed E-state index contributed by atoms with van der Waals surface area (Å²) in [5, 5.41) is 16.6. The Morgan fingerprint density at radius 1 is 1.27 bits per heavy atom. The molecule has 0 aromatic heterocycles. The zero-order valence-corrected chi connectivity index (χ0v) is 9.87. The predicted molar refractivity (Wildman–Crippen MR) is 61.0 cm³/mol. The molecule has 2 nitrogen and oxygen atoms in total. The Morgan fingerprint density at radius 2 is 1.73 bits per heavy atom. The third-order valence-corrected chi connectivity index (χ3v) is 1.07. The molecule has 0 unspecified atom stereocenters. The summed E-state index contributed by atoms with van der Waals surface area (Å²) in [6.07, 6.45) is -0.167. The molecule has 0 aliphatic rings. The van der Waals surface area contributed by atoms with Gasteiger partial charge in [-0.05, 0) is 31.5 Å². The molecule has 0 saturated heterocycles. The van der Waals surface area contributed by atoms with Crippen LogP contribution in [0.25, 0.3) is 0 Å². The SMILES string of the molecule is CC.CC(C)O.OCc1cccc(F)c1. The zero-order chi connectivity index (χ0) is 12.3. The highest BCUT2D eigenvalue weighted by molar-refractivity contribution is 5.14. The van der Waals surface area contributed by atoms with E-state index in [9.17, 15) is 4.39 Å². The predicted octanol–water partition coefficient (Wildman–Crippen LogP) is 2.73. The van der Waals surface area contributed by atoms with Gasteiger partial charge in [0.25, 0.3) is 0 Å². The summed E-state index contributed by atoms with van der Waals surface area (Å²) in [6.45, 7) is 7.34. The van der Waals surface area contributed by atoms with Crippen molar-refractivity contribution in [3.8, 4) is 0 Å². The molecule has 0 heterocycles. The van der Waals surface area contributed by atoms with E-state index in [1.807, 2.05) is 13.8 Å². The van der Waals surface area contributed by atoms with Gasteiger partial charge in [0, 0.05) is 6.10 Å². The van der Waals surface area contributed by atoms with Crippen LogP contribution in [0.1, 0.15) is 33.3 Å². The first-order chi connectivity index (χ1) is 7.06. The molecule has 0 amide bonds. The van der Waals surface area contributed by atoms with Crippen LogP contribution in [0.3, 0.4) is 0 Å². The van der Waals surface area contributed by atoms with Gasteiger partial charge < -0.3 is 10.2 Å². The second-order valence-electron chi connectivity index (χ2n) is 2.88. The van der Waals surface area contributed by atoms with Crippen molar-refractivity contribution in [2.75, 3.05) is 0 Å². The van der Waals surface area contributed by atoms with E-state index in [1.54, 1.807) is 26.0 Å². The van der Waals surface area contributed by atoms with E-state index in [1.165, 1.54) is 12.1 Å². The number of hydrogen-bond donors (Lipinski definition) is 2.